The van der Waals surface area contributed by atoms with E-state index in [0.29, 0.717) is 0 Å². The molecule has 2 atom stereocenters. The fraction of sp³-hybridized carbons (Fsp3) is 0.500. The summed E-state index contributed by atoms with van der Waals surface area (Å²) < 4.78 is 13.1. The number of hydrogen-bond donors (Lipinski definition) is 2. The molecule has 18 heavy (non-hydrogen) atoms. The van der Waals surface area contributed by atoms with Crippen LogP contribution in [0.15, 0.2) is 24.3 Å². The van der Waals surface area contributed by atoms with E-state index in [-0.39, 0.29) is 23.7 Å². The predicted octanol–water partition coefficient (Wildman–Crippen LogP) is 1.80. The summed E-state index contributed by atoms with van der Waals surface area (Å²) in [7, 11) is 0. The number of piperidine rings is 1. The predicted molar refractivity (Wildman–Crippen MR) is 68.8 cm³/mol. The molecule has 1 heterocycles. The SMILES string of the molecule is CC(C(=O)NC1CCCNC1)c1cccc(F)c1. The molecule has 2 unspecified atom stereocenters. The Balaban J connectivity index is 1.95. The molecule has 0 aromatic heterocycles. The van der Waals surface area contributed by atoms with Crippen molar-refractivity contribution in [2.45, 2.75) is 31.7 Å². The van der Waals surface area contributed by atoms with Crippen LogP contribution in [0, 0.1) is 5.82 Å². The first kappa shape index (κ1) is 13.0. The molecule has 0 spiro atoms. The quantitative estimate of drug-likeness (QED) is 0.859. The third-order valence-electron chi connectivity index (χ3n) is 3.39. The van der Waals surface area contributed by atoms with Gasteiger partial charge in [-0.1, -0.05) is 12.1 Å². The maximum absolute atomic E-state index is 13.1. The molecular formula is C14H19FN2O. The van der Waals surface area contributed by atoms with Crippen LogP contribution in [0.5, 0.6) is 0 Å². The molecule has 0 saturated carbocycles. The molecule has 3 nitrogen and oxygen atoms in total. The molecule has 1 aromatic rings. The van der Waals surface area contributed by atoms with Crippen LogP contribution >= 0.6 is 0 Å². The van der Waals surface area contributed by atoms with Gasteiger partial charge in [0.15, 0.2) is 0 Å². The Morgan fingerprint density at radius 2 is 2.39 bits per heavy atom. The lowest BCUT2D eigenvalue weighted by Crippen LogP contribution is -2.46. The third kappa shape index (κ3) is 3.29. The Morgan fingerprint density at radius 1 is 1.56 bits per heavy atom. The van der Waals surface area contributed by atoms with Crippen LogP contribution in [0.25, 0.3) is 0 Å². The highest BCUT2D eigenvalue weighted by Crippen LogP contribution is 2.17. The minimum Gasteiger partial charge on any atom is -0.352 e. The van der Waals surface area contributed by atoms with E-state index < -0.39 is 0 Å². The molecule has 1 aromatic carbocycles. The fourth-order valence-electron chi connectivity index (χ4n) is 2.23. The van der Waals surface area contributed by atoms with Gasteiger partial charge in [0.2, 0.25) is 5.91 Å². The van der Waals surface area contributed by atoms with Gasteiger partial charge in [0, 0.05) is 12.6 Å². The third-order valence-corrected chi connectivity index (χ3v) is 3.39. The second-order valence-electron chi connectivity index (χ2n) is 4.83. The summed E-state index contributed by atoms with van der Waals surface area (Å²) >= 11 is 0. The zero-order chi connectivity index (χ0) is 13.0. The van der Waals surface area contributed by atoms with Gasteiger partial charge in [-0.05, 0) is 44.0 Å². The average Bonchev–Trinajstić information content (AvgIpc) is 2.39. The van der Waals surface area contributed by atoms with Gasteiger partial charge in [-0.3, -0.25) is 4.79 Å². The maximum Gasteiger partial charge on any atom is 0.227 e. The van der Waals surface area contributed by atoms with Crippen molar-refractivity contribution in [1.82, 2.24) is 10.6 Å². The summed E-state index contributed by atoms with van der Waals surface area (Å²) in [4.78, 5) is 12.1. The monoisotopic (exact) mass is 250 g/mol. The lowest BCUT2D eigenvalue weighted by atomic mass is 9.99. The number of nitrogens with one attached hydrogen (secondary N) is 2. The normalized spacial score (nSPS) is 21.3. The van der Waals surface area contributed by atoms with Crippen LogP contribution in [0.4, 0.5) is 4.39 Å². The standard InChI is InChI=1S/C14H19FN2O/c1-10(11-4-2-5-12(15)8-11)14(18)17-13-6-3-7-16-9-13/h2,4-5,8,10,13,16H,3,6-7,9H2,1H3,(H,17,18). The van der Waals surface area contributed by atoms with Crippen LogP contribution in [-0.4, -0.2) is 25.0 Å². The zero-order valence-electron chi connectivity index (χ0n) is 10.6. The maximum atomic E-state index is 13.1. The molecule has 0 aliphatic carbocycles. The van der Waals surface area contributed by atoms with E-state index in [1.807, 2.05) is 0 Å². The minimum atomic E-state index is -0.317. The van der Waals surface area contributed by atoms with Gasteiger partial charge in [0.05, 0.1) is 5.92 Å². The summed E-state index contributed by atoms with van der Waals surface area (Å²) in [5, 5.41) is 6.27. The van der Waals surface area contributed by atoms with Crippen LogP contribution < -0.4 is 10.6 Å². The molecule has 0 bridgehead atoms. The highest BCUT2D eigenvalue weighted by Gasteiger charge is 2.20. The fourth-order valence-corrected chi connectivity index (χ4v) is 2.23. The summed E-state index contributed by atoms with van der Waals surface area (Å²) in [5.41, 5.74) is 0.719. The molecule has 1 amide bonds. The summed E-state index contributed by atoms with van der Waals surface area (Å²) in [5.74, 6) is -0.650. The zero-order valence-corrected chi connectivity index (χ0v) is 10.6. The van der Waals surface area contributed by atoms with Gasteiger partial charge in [0.25, 0.3) is 0 Å². The van der Waals surface area contributed by atoms with Crippen molar-refractivity contribution >= 4 is 5.91 Å². The van der Waals surface area contributed by atoms with Crippen molar-refractivity contribution in [3.05, 3.63) is 35.6 Å². The molecule has 98 valence electrons. The van der Waals surface area contributed by atoms with E-state index in [1.54, 1.807) is 19.1 Å². The van der Waals surface area contributed by atoms with E-state index in [0.717, 1.165) is 31.5 Å². The molecule has 2 rings (SSSR count). The molecule has 1 fully saturated rings. The van der Waals surface area contributed by atoms with Gasteiger partial charge in [0.1, 0.15) is 5.82 Å². The summed E-state index contributed by atoms with van der Waals surface area (Å²) in [6, 6.07) is 6.42. The Hall–Kier alpha value is -1.42. The smallest absolute Gasteiger partial charge is 0.227 e. The van der Waals surface area contributed by atoms with Gasteiger partial charge in [-0.25, -0.2) is 4.39 Å². The molecule has 1 aliphatic rings. The second kappa shape index (κ2) is 5.96. The van der Waals surface area contributed by atoms with Gasteiger partial charge < -0.3 is 10.6 Å². The van der Waals surface area contributed by atoms with Crippen LogP contribution in [-0.2, 0) is 4.79 Å². The number of carbonyl (C=O) groups excluding carboxylic acids is 1. The Kier molecular flexibility index (Phi) is 4.31. The number of carbonyl (C=O) groups is 1. The highest BCUT2D eigenvalue weighted by atomic mass is 19.1. The number of rotatable bonds is 3. The van der Waals surface area contributed by atoms with Gasteiger partial charge in [-0.2, -0.15) is 0 Å². The molecule has 1 aliphatic heterocycles. The van der Waals surface area contributed by atoms with E-state index in [1.165, 1.54) is 12.1 Å². The van der Waals surface area contributed by atoms with Gasteiger partial charge >= 0.3 is 0 Å². The van der Waals surface area contributed by atoms with Crippen LogP contribution in [0.3, 0.4) is 0 Å². The van der Waals surface area contributed by atoms with Crippen molar-refractivity contribution in [2.75, 3.05) is 13.1 Å². The van der Waals surface area contributed by atoms with Crippen molar-refractivity contribution in [1.29, 1.82) is 0 Å². The first-order valence-corrected chi connectivity index (χ1v) is 6.43. The lowest BCUT2D eigenvalue weighted by molar-refractivity contribution is -0.123. The molecule has 1 saturated heterocycles. The molecule has 2 N–H and O–H groups in total. The lowest BCUT2D eigenvalue weighted by Gasteiger charge is -2.25. The first-order chi connectivity index (χ1) is 8.66. The van der Waals surface area contributed by atoms with Crippen LogP contribution in [0.1, 0.15) is 31.2 Å². The summed E-state index contributed by atoms with van der Waals surface area (Å²) in [6.45, 7) is 3.65. The van der Waals surface area contributed by atoms with E-state index in [2.05, 4.69) is 10.6 Å². The van der Waals surface area contributed by atoms with E-state index >= 15 is 0 Å². The Labute approximate surface area is 107 Å². The first-order valence-electron chi connectivity index (χ1n) is 6.43. The highest BCUT2D eigenvalue weighted by molar-refractivity contribution is 5.83. The van der Waals surface area contributed by atoms with Crippen molar-refractivity contribution < 1.29 is 9.18 Å². The number of hydrogen-bond acceptors (Lipinski definition) is 2. The number of halogens is 1. The van der Waals surface area contributed by atoms with Crippen molar-refractivity contribution in [3.63, 3.8) is 0 Å². The number of benzene rings is 1. The molecular weight excluding hydrogens is 231 g/mol. The largest absolute Gasteiger partial charge is 0.352 e. The Bertz CT molecular complexity index is 416. The van der Waals surface area contributed by atoms with Gasteiger partial charge in [-0.15, -0.1) is 0 Å². The molecule has 0 radical (unpaired) electrons. The minimum absolute atomic E-state index is 0.0331. The topological polar surface area (TPSA) is 41.1 Å². The summed E-state index contributed by atoms with van der Waals surface area (Å²) in [6.07, 6.45) is 2.09. The second-order valence-corrected chi connectivity index (χ2v) is 4.83. The average molecular weight is 250 g/mol. The Morgan fingerprint density at radius 3 is 3.06 bits per heavy atom. The van der Waals surface area contributed by atoms with E-state index in [4.69, 9.17) is 0 Å². The van der Waals surface area contributed by atoms with Crippen molar-refractivity contribution in [2.24, 2.45) is 0 Å². The molecule has 4 heteroatoms. The number of amides is 1. The van der Waals surface area contributed by atoms with Crippen LogP contribution in [0.2, 0.25) is 0 Å². The van der Waals surface area contributed by atoms with Crippen molar-refractivity contribution in [3.8, 4) is 0 Å². The van der Waals surface area contributed by atoms with E-state index in [9.17, 15) is 9.18 Å².